The number of carbonyl (C=O) groups excluding carboxylic acids is 3. The van der Waals surface area contributed by atoms with Crippen LogP contribution in [-0.4, -0.2) is 22.7 Å². The number of benzene rings is 1. The zero-order chi connectivity index (χ0) is 14.1. The molecule has 1 aromatic carbocycles. The van der Waals surface area contributed by atoms with Gasteiger partial charge in [-0.2, -0.15) is 5.01 Å². The third-order valence-corrected chi connectivity index (χ3v) is 4.09. The van der Waals surface area contributed by atoms with Crippen LogP contribution in [0.25, 0.3) is 0 Å². The van der Waals surface area contributed by atoms with Crippen LogP contribution in [0.1, 0.15) is 36.0 Å². The minimum Gasteiger partial charge on any atom is -0.272 e. The Morgan fingerprint density at radius 1 is 1.00 bits per heavy atom. The van der Waals surface area contributed by atoms with Gasteiger partial charge in [0, 0.05) is 5.56 Å². The second-order valence-corrected chi connectivity index (χ2v) is 5.32. The van der Waals surface area contributed by atoms with Gasteiger partial charge in [0.15, 0.2) is 0 Å². The van der Waals surface area contributed by atoms with E-state index in [4.69, 9.17) is 0 Å². The molecule has 5 heteroatoms. The van der Waals surface area contributed by atoms with Crippen molar-refractivity contribution in [3.8, 4) is 0 Å². The van der Waals surface area contributed by atoms with E-state index in [0.717, 1.165) is 30.7 Å². The first-order valence-corrected chi connectivity index (χ1v) is 6.92. The fourth-order valence-electron chi connectivity index (χ4n) is 3.03. The molecule has 0 radical (unpaired) electrons. The lowest BCUT2D eigenvalue weighted by atomic mass is 9.81. The minimum atomic E-state index is -0.425. The van der Waals surface area contributed by atoms with Crippen LogP contribution in [0.4, 0.5) is 0 Å². The number of fused-ring (bicyclic) bond motifs is 1. The van der Waals surface area contributed by atoms with Crippen LogP contribution in [0, 0.1) is 11.8 Å². The zero-order valence-corrected chi connectivity index (χ0v) is 11.0. The summed E-state index contributed by atoms with van der Waals surface area (Å²) in [5, 5.41) is 0.927. The highest BCUT2D eigenvalue weighted by Gasteiger charge is 2.49. The summed E-state index contributed by atoms with van der Waals surface area (Å²) in [5.41, 5.74) is 2.88. The summed E-state index contributed by atoms with van der Waals surface area (Å²) in [6.45, 7) is 0. The van der Waals surface area contributed by atoms with E-state index >= 15 is 0 Å². The number of rotatable bonds is 2. The Bertz CT molecular complexity index is 531. The summed E-state index contributed by atoms with van der Waals surface area (Å²) < 4.78 is 0. The summed E-state index contributed by atoms with van der Waals surface area (Å²) in [5.74, 6) is -1.43. The Hall–Kier alpha value is -2.17. The van der Waals surface area contributed by atoms with Gasteiger partial charge in [-0.15, -0.1) is 0 Å². The normalized spacial score (nSPS) is 25.5. The number of imide groups is 1. The van der Waals surface area contributed by atoms with Gasteiger partial charge < -0.3 is 0 Å². The van der Waals surface area contributed by atoms with Gasteiger partial charge in [-0.1, -0.05) is 31.0 Å². The van der Waals surface area contributed by atoms with Crippen molar-refractivity contribution in [1.82, 2.24) is 10.4 Å². The van der Waals surface area contributed by atoms with E-state index in [-0.39, 0.29) is 23.7 Å². The molecule has 1 aromatic rings. The fourth-order valence-corrected chi connectivity index (χ4v) is 3.03. The van der Waals surface area contributed by atoms with Crippen molar-refractivity contribution in [2.75, 3.05) is 0 Å². The molecule has 2 fully saturated rings. The molecule has 0 aromatic heterocycles. The highest BCUT2D eigenvalue weighted by molar-refractivity contribution is 6.07. The quantitative estimate of drug-likeness (QED) is 0.830. The van der Waals surface area contributed by atoms with Gasteiger partial charge in [-0.05, 0) is 25.0 Å². The summed E-state index contributed by atoms with van der Waals surface area (Å²) in [6, 6.07) is 8.57. The molecule has 1 aliphatic carbocycles. The lowest BCUT2D eigenvalue weighted by Crippen LogP contribution is -2.46. The number of nitrogens with zero attached hydrogens (tertiary/aromatic N) is 1. The maximum Gasteiger partial charge on any atom is 0.270 e. The van der Waals surface area contributed by atoms with E-state index < -0.39 is 5.91 Å². The fraction of sp³-hybridized carbons (Fsp3) is 0.400. The molecule has 1 N–H and O–H groups in total. The maximum atomic E-state index is 12.2. The highest BCUT2D eigenvalue weighted by Crippen LogP contribution is 2.37. The first-order chi connectivity index (χ1) is 9.68. The van der Waals surface area contributed by atoms with Crippen LogP contribution in [0.2, 0.25) is 0 Å². The van der Waals surface area contributed by atoms with E-state index in [1.165, 1.54) is 0 Å². The molecule has 1 saturated heterocycles. The van der Waals surface area contributed by atoms with E-state index in [9.17, 15) is 14.4 Å². The Morgan fingerprint density at radius 3 is 2.10 bits per heavy atom. The Morgan fingerprint density at radius 2 is 1.55 bits per heavy atom. The molecule has 1 heterocycles. The van der Waals surface area contributed by atoms with Crippen molar-refractivity contribution in [3.05, 3.63) is 35.9 Å². The molecule has 0 bridgehead atoms. The average Bonchev–Trinajstić information content (AvgIpc) is 2.74. The predicted molar refractivity (Wildman–Crippen MR) is 71.2 cm³/mol. The monoisotopic (exact) mass is 272 g/mol. The molecule has 3 rings (SSSR count). The third-order valence-electron chi connectivity index (χ3n) is 4.09. The largest absolute Gasteiger partial charge is 0.272 e. The molecule has 1 saturated carbocycles. The molecule has 5 nitrogen and oxygen atoms in total. The van der Waals surface area contributed by atoms with Crippen LogP contribution in [0.3, 0.4) is 0 Å². The second-order valence-electron chi connectivity index (χ2n) is 5.32. The van der Waals surface area contributed by atoms with Gasteiger partial charge in [0.2, 0.25) is 0 Å². The van der Waals surface area contributed by atoms with Crippen LogP contribution in [-0.2, 0) is 9.59 Å². The van der Waals surface area contributed by atoms with Crippen molar-refractivity contribution in [1.29, 1.82) is 0 Å². The topological polar surface area (TPSA) is 66.5 Å². The molecule has 2 aliphatic rings. The van der Waals surface area contributed by atoms with Crippen LogP contribution in [0.15, 0.2) is 30.3 Å². The standard InChI is InChI=1S/C15H16N2O3/c18-13(10-6-2-1-3-7-10)16-17-14(19)11-8-4-5-9-12(11)15(17)20/h1-3,6-7,11-12H,4-5,8-9H2,(H,16,18)/t11-,12-/m0/s1. The van der Waals surface area contributed by atoms with Crippen LogP contribution < -0.4 is 5.43 Å². The highest BCUT2D eigenvalue weighted by atomic mass is 16.2. The van der Waals surface area contributed by atoms with E-state index in [1.54, 1.807) is 30.3 Å². The van der Waals surface area contributed by atoms with E-state index in [2.05, 4.69) is 5.43 Å². The Labute approximate surface area is 116 Å². The first kappa shape index (κ1) is 12.8. The number of hydrazine groups is 1. The van der Waals surface area contributed by atoms with Crippen molar-refractivity contribution >= 4 is 17.7 Å². The van der Waals surface area contributed by atoms with Crippen LogP contribution >= 0.6 is 0 Å². The summed E-state index contributed by atoms with van der Waals surface area (Å²) in [7, 11) is 0. The second kappa shape index (κ2) is 5.07. The molecule has 1 aliphatic heterocycles. The summed E-state index contributed by atoms with van der Waals surface area (Å²) in [6.07, 6.45) is 3.43. The number of hydrogen-bond donors (Lipinski definition) is 1. The maximum absolute atomic E-state index is 12.2. The third kappa shape index (κ3) is 2.09. The van der Waals surface area contributed by atoms with E-state index in [0.29, 0.717) is 5.56 Å². The predicted octanol–water partition coefficient (Wildman–Crippen LogP) is 1.51. The van der Waals surface area contributed by atoms with Crippen molar-refractivity contribution in [2.24, 2.45) is 11.8 Å². The number of hydrogen-bond acceptors (Lipinski definition) is 3. The summed E-state index contributed by atoms with van der Waals surface area (Å²) >= 11 is 0. The van der Waals surface area contributed by atoms with Gasteiger partial charge >= 0.3 is 0 Å². The van der Waals surface area contributed by atoms with Crippen molar-refractivity contribution < 1.29 is 14.4 Å². The lowest BCUT2D eigenvalue weighted by Gasteiger charge is -2.19. The molecule has 2 atom stereocenters. The molecule has 104 valence electrons. The van der Waals surface area contributed by atoms with E-state index in [1.807, 2.05) is 0 Å². The smallest absolute Gasteiger partial charge is 0.270 e. The summed E-state index contributed by atoms with van der Waals surface area (Å²) in [4.78, 5) is 36.5. The Kier molecular flexibility index (Phi) is 3.26. The van der Waals surface area contributed by atoms with Gasteiger partial charge in [0.25, 0.3) is 17.7 Å². The van der Waals surface area contributed by atoms with Gasteiger partial charge in [0.05, 0.1) is 11.8 Å². The molecule has 0 unspecified atom stereocenters. The number of amides is 3. The number of nitrogens with one attached hydrogen (secondary N) is 1. The first-order valence-electron chi connectivity index (χ1n) is 6.92. The van der Waals surface area contributed by atoms with Crippen molar-refractivity contribution in [2.45, 2.75) is 25.7 Å². The van der Waals surface area contributed by atoms with Gasteiger partial charge in [-0.25, -0.2) is 0 Å². The molecule has 0 spiro atoms. The Balaban J connectivity index is 1.76. The minimum absolute atomic E-state index is 0.243. The molecular formula is C15H16N2O3. The molecular weight excluding hydrogens is 256 g/mol. The van der Waals surface area contributed by atoms with Crippen molar-refractivity contribution in [3.63, 3.8) is 0 Å². The zero-order valence-electron chi connectivity index (χ0n) is 11.0. The van der Waals surface area contributed by atoms with Crippen LogP contribution in [0.5, 0.6) is 0 Å². The lowest BCUT2D eigenvalue weighted by molar-refractivity contribution is -0.142. The number of carbonyl (C=O) groups is 3. The SMILES string of the molecule is O=C(NN1C(=O)[C@H]2CCCC[C@@H]2C1=O)c1ccccc1. The van der Waals surface area contributed by atoms with Gasteiger partial charge in [0.1, 0.15) is 0 Å². The molecule has 20 heavy (non-hydrogen) atoms. The average molecular weight is 272 g/mol. The van der Waals surface area contributed by atoms with Gasteiger partial charge in [-0.3, -0.25) is 19.8 Å². The molecule has 3 amide bonds.